The van der Waals surface area contributed by atoms with E-state index in [1.54, 1.807) is 0 Å². The first kappa shape index (κ1) is 13.6. The topological polar surface area (TPSA) is 47.6 Å². The Bertz CT molecular complexity index is 474. The molecule has 2 heteroatoms. The van der Waals surface area contributed by atoms with Crippen molar-refractivity contribution in [3.8, 4) is 12.1 Å². The summed E-state index contributed by atoms with van der Waals surface area (Å²) in [6.45, 7) is 0. The Morgan fingerprint density at radius 1 is 1.05 bits per heavy atom. The summed E-state index contributed by atoms with van der Waals surface area (Å²) in [5.74, 6) is 0.405. The lowest BCUT2D eigenvalue weighted by atomic mass is 9.64. The van der Waals surface area contributed by atoms with Crippen LogP contribution in [0.25, 0.3) is 0 Å². The molecule has 1 aliphatic carbocycles. The lowest BCUT2D eigenvalue weighted by Crippen LogP contribution is -2.35. The van der Waals surface area contributed by atoms with Crippen LogP contribution >= 0.6 is 0 Å². The summed E-state index contributed by atoms with van der Waals surface area (Å²) in [5.41, 5.74) is 0.636. The second kappa shape index (κ2) is 6.39. The molecule has 0 spiro atoms. The second-order valence-electron chi connectivity index (χ2n) is 5.44. The number of benzene rings is 1. The second-order valence-corrected chi connectivity index (χ2v) is 5.44. The highest BCUT2D eigenvalue weighted by Crippen LogP contribution is 2.43. The Morgan fingerprint density at radius 2 is 1.74 bits per heavy atom. The number of hydrogen-bond acceptors (Lipinski definition) is 2. The fourth-order valence-corrected chi connectivity index (χ4v) is 3.38. The van der Waals surface area contributed by atoms with E-state index in [0.29, 0.717) is 18.8 Å². The Hall–Kier alpha value is -1.80. The summed E-state index contributed by atoms with van der Waals surface area (Å²) in [6.07, 6.45) is 7.07. The highest BCUT2D eigenvalue weighted by atomic mass is 14.5. The van der Waals surface area contributed by atoms with Crippen molar-refractivity contribution >= 4 is 0 Å². The van der Waals surface area contributed by atoms with Crippen molar-refractivity contribution in [1.82, 2.24) is 0 Å². The average Bonchev–Trinajstić information content (AvgIpc) is 2.51. The van der Waals surface area contributed by atoms with Crippen LogP contribution in [0.1, 0.15) is 50.5 Å². The van der Waals surface area contributed by atoms with Crippen molar-refractivity contribution in [3.63, 3.8) is 0 Å². The van der Waals surface area contributed by atoms with Gasteiger partial charge >= 0.3 is 0 Å². The van der Waals surface area contributed by atoms with Crippen LogP contribution in [0, 0.1) is 28.6 Å². The molecule has 19 heavy (non-hydrogen) atoms. The maximum absolute atomic E-state index is 9.85. The minimum absolute atomic E-state index is 0.405. The van der Waals surface area contributed by atoms with Crippen molar-refractivity contribution in [1.29, 1.82) is 10.5 Å². The summed E-state index contributed by atoms with van der Waals surface area (Å²) in [4.78, 5) is 0. The Balaban J connectivity index is 2.36. The van der Waals surface area contributed by atoms with E-state index in [9.17, 15) is 5.26 Å². The van der Waals surface area contributed by atoms with Gasteiger partial charge in [-0.25, -0.2) is 0 Å². The lowest BCUT2D eigenvalue weighted by molar-refractivity contribution is 0.241. The van der Waals surface area contributed by atoms with Crippen LogP contribution in [0.3, 0.4) is 0 Å². The first-order valence-corrected chi connectivity index (χ1v) is 7.17. The van der Waals surface area contributed by atoms with Crippen molar-refractivity contribution < 1.29 is 0 Å². The summed E-state index contributed by atoms with van der Waals surface area (Å²) in [7, 11) is 0. The monoisotopic (exact) mass is 252 g/mol. The van der Waals surface area contributed by atoms with Crippen LogP contribution in [0.5, 0.6) is 0 Å². The van der Waals surface area contributed by atoms with Gasteiger partial charge in [0.05, 0.1) is 17.6 Å². The van der Waals surface area contributed by atoms with Gasteiger partial charge in [-0.2, -0.15) is 10.5 Å². The van der Waals surface area contributed by atoms with Crippen LogP contribution < -0.4 is 0 Å². The smallest absolute Gasteiger partial charge is 0.0860 e. The zero-order valence-electron chi connectivity index (χ0n) is 11.3. The van der Waals surface area contributed by atoms with Gasteiger partial charge in [-0.15, -0.1) is 0 Å². The van der Waals surface area contributed by atoms with Gasteiger partial charge < -0.3 is 0 Å². The number of nitrogens with zero attached hydrogens (tertiary/aromatic N) is 2. The fraction of sp³-hybridized carbons (Fsp3) is 0.529. The van der Waals surface area contributed by atoms with Gasteiger partial charge in [0.2, 0.25) is 0 Å². The molecule has 2 nitrogen and oxygen atoms in total. The van der Waals surface area contributed by atoms with Crippen molar-refractivity contribution in [2.75, 3.05) is 0 Å². The molecule has 1 unspecified atom stereocenters. The summed E-state index contributed by atoms with van der Waals surface area (Å²) >= 11 is 0. The quantitative estimate of drug-likeness (QED) is 0.800. The van der Waals surface area contributed by atoms with Gasteiger partial charge in [-0.1, -0.05) is 49.6 Å². The molecule has 1 aromatic carbocycles. The Morgan fingerprint density at radius 3 is 2.32 bits per heavy atom. The van der Waals surface area contributed by atoms with Crippen LogP contribution in [-0.4, -0.2) is 0 Å². The van der Waals surface area contributed by atoms with Gasteiger partial charge in [0.15, 0.2) is 0 Å². The predicted molar refractivity (Wildman–Crippen MR) is 75.2 cm³/mol. The molecule has 1 aliphatic rings. The Kier molecular flexibility index (Phi) is 4.58. The van der Waals surface area contributed by atoms with Gasteiger partial charge in [0, 0.05) is 6.42 Å². The van der Waals surface area contributed by atoms with E-state index in [1.165, 1.54) is 19.3 Å². The third kappa shape index (κ3) is 2.79. The molecule has 0 amide bonds. The largest absolute Gasteiger partial charge is 0.198 e. The van der Waals surface area contributed by atoms with Crippen LogP contribution in [0.2, 0.25) is 0 Å². The zero-order chi connectivity index (χ0) is 13.6. The highest BCUT2D eigenvalue weighted by Gasteiger charge is 2.40. The van der Waals surface area contributed by atoms with Crippen LogP contribution in [0.15, 0.2) is 30.3 Å². The molecule has 0 N–H and O–H groups in total. The molecule has 98 valence electrons. The minimum atomic E-state index is -0.461. The van der Waals surface area contributed by atoms with Crippen LogP contribution in [0.4, 0.5) is 0 Å². The third-order valence-corrected chi connectivity index (χ3v) is 4.42. The van der Waals surface area contributed by atoms with Gasteiger partial charge in [0.25, 0.3) is 0 Å². The lowest BCUT2D eigenvalue weighted by Gasteiger charge is -2.37. The molecular formula is C17H20N2. The van der Waals surface area contributed by atoms with E-state index in [0.717, 1.165) is 18.4 Å². The normalized spacial score (nSPS) is 19.1. The summed E-state index contributed by atoms with van der Waals surface area (Å²) in [6, 6.07) is 14.9. The SMILES string of the molecule is N#CCCC(C#N)(c1ccccc1)C1CCCCC1. The van der Waals surface area contributed by atoms with Crippen molar-refractivity contribution in [2.24, 2.45) is 5.92 Å². The van der Waals surface area contributed by atoms with E-state index in [1.807, 2.05) is 18.2 Å². The maximum atomic E-state index is 9.85. The maximum Gasteiger partial charge on any atom is 0.0860 e. The molecule has 0 aliphatic heterocycles. The highest BCUT2D eigenvalue weighted by molar-refractivity contribution is 5.34. The summed E-state index contributed by atoms with van der Waals surface area (Å²) in [5, 5.41) is 18.8. The van der Waals surface area contributed by atoms with Gasteiger partial charge in [0.1, 0.15) is 0 Å². The third-order valence-electron chi connectivity index (χ3n) is 4.42. The van der Waals surface area contributed by atoms with E-state index >= 15 is 0 Å². The van der Waals surface area contributed by atoms with E-state index < -0.39 is 5.41 Å². The van der Waals surface area contributed by atoms with Gasteiger partial charge in [-0.3, -0.25) is 0 Å². The van der Waals surface area contributed by atoms with Crippen LogP contribution in [-0.2, 0) is 5.41 Å². The molecule has 0 saturated heterocycles. The number of rotatable bonds is 4. The molecule has 1 aromatic rings. The first-order chi connectivity index (χ1) is 9.33. The number of hydrogen-bond donors (Lipinski definition) is 0. The Labute approximate surface area is 115 Å². The molecule has 1 saturated carbocycles. The molecule has 1 fully saturated rings. The van der Waals surface area contributed by atoms with E-state index in [-0.39, 0.29) is 0 Å². The van der Waals surface area contributed by atoms with E-state index in [2.05, 4.69) is 24.3 Å². The molecule has 2 rings (SSSR count). The summed E-state index contributed by atoms with van der Waals surface area (Å²) < 4.78 is 0. The molecular weight excluding hydrogens is 232 g/mol. The molecule has 0 radical (unpaired) electrons. The molecule has 0 aromatic heterocycles. The fourth-order valence-electron chi connectivity index (χ4n) is 3.38. The molecule has 1 atom stereocenters. The first-order valence-electron chi connectivity index (χ1n) is 7.17. The zero-order valence-corrected chi connectivity index (χ0v) is 11.3. The minimum Gasteiger partial charge on any atom is -0.198 e. The van der Waals surface area contributed by atoms with Crippen molar-refractivity contribution in [2.45, 2.75) is 50.4 Å². The number of nitriles is 2. The van der Waals surface area contributed by atoms with Crippen molar-refractivity contribution in [3.05, 3.63) is 35.9 Å². The van der Waals surface area contributed by atoms with Gasteiger partial charge in [-0.05, 0) is 30.7 Å². The van der Waals surface area contributed by atoms with E-state index in [4.69, 9.17) is 5.26 Å². The molecule has 0 heterocycles. The molecule has 0 bridgehead atoms. The predicted octanol–water partition coefficient (Wildman–Crippen LogP) is 4.33. The average molecular weight is 252 g/mol. The standard InChI is InChI=1S/C17H20N2/c18-13-7-12-17(14-19,15-8-3-1-4-9-15)16-10-5-2-6-11-16/h1,3-4,8-9,16H,2,5-7,10-12H2.